The molecular weight excluding hydrogens is 1060 g/mol. The third-order valence-electron chi connectivity index (χ3n) is 14.4. The maximum Gasteiger partial charge on any atom is 0.321 e. The third kappa shape index (κ3) is 10.7. The minimum absolute atomic E-state index is 0.0618. The summed E-state index contributed by atoms with van der Waals surface area (Å²) in [6, 6.07) is 25.8. The van der Waals surface area contributed by atoms with Gasteiger partial charge in [-0.15, -0.1) is 0 Å². The highest BCUT2D eigenvalue weighted by Crippen LogP contribution is 2.47. The summed E-state index contributed by atoms with van der Waals surface area (Å²) in [5, 5.41) is 17.0. The quantitative estimate of drug-likeness (QED) is 0.163. The second-order valence-corrected chi connectivity index (χ2v) is 21.5. The Morgan fingerprint density at radius 3 is 1.66 bits per heavy atom. The number of aromatic nitrogens is 6. The Labute approximate surface area is 441 Å². The second kappa shape index (κ2) is 21.5. The first-order valence-electron chi connectivity index (χ1n) is 24.0. The van der Waals surface area contributed by atoms with E-state index in [9.17, 15) is 4.79 Å². The largest absolute Gasteiger partial charge is 0.331 e. The van der Waals surface area contributed by atoms with Gasteiger partial charge in [0.2, 0.25) is 0 Å². The lowest BCUT2D eigenvalue weighted by Gasteiger charge is -2.36. The number of amides is 2. The number of urea groups is 1. The number of hydrogen-bond donors (Lipinski definition) is 2. The van der Waals surface area contributed by atoms with Crippen molar-refractivity contribution in [3.63, 3.8) is 0 Å². The number of nitriles is 1. The van der Waals surface area contributed by atoms with E-state index < -0.39 is 0 Å². The molecule has 2 aliphatic heterocycles. The Morgan fingerprint density at radius 1 is 0.704 bits per heavy atom. The monoisotopic (exact) mass is 1110 g/mol. The Morgan fingerprint density at radius 2 is 1.20 bits per heavy atom. The van der Waals surface area contributed by atoms with Crippen LogP contribution in [0.5, 0.6) is 0 Å². The molecule has 6 heterocycles. The van der Waals surface area contributed by atoms with Gasteiger partial charge in [-0.25, -0.2) is 14.8 Å². The van der Waals surface area contributed by atoms with Crippen LogP contribution in [-0.4, -0.2) is 66.2 Å². The number of fused-ring (bicyclic) bond motifs is 4. The molecule has 2 unspecified atom stereocenters. The van der Waals surface area contributed by atoms with Crippen molar-refractivity contribution in [3.8, 4) is 6.07 Å². The number of hydrogen-bond acceptors (Lipinski definition) is 7. The van der Waals surface area contributed by atoms with Gasteiger partial charge in [-0.3, -0.25) is 9.97 Å². The van der Waals surface area contributed by atoms with Crippen LogP contribution >= 0.6 is 55.1 Å². The molecule has 0 spiro atoms. The first-order chi connectivity index (χ1) is 34.5. The molecule has 2 N–H and O–H groups in total. The molecule has 2 fully saturated rings. The summed E-state index contributed by atoms with van der Waals surface area (Å²) in [6.45, 7) is 8.88. The number of pyridine rings is 2. The number of aryl methyl sites for hydroxylation is 2. The summed E-state index contributed by atoms with van der Waals surface area (Å²) < 4.78 is 6.27. The summed E-state index contributed by atoms with van der Waals surface area (Å²) in [7, 11) is 0. The highest BCUT2D eigenvalue weighted by atomic mass is 79.9. The molecule has 4 aliphatic rings. The molecule has 360 valence electrons. The van der Waals surface area contributed by atoms with Crippen LogP contribution in [0.3, 0.4) is 0 Å². The fraction of sp³-hybridized carbons (Fsp3) is 0.286. The van der Waals surface area contributed by atoms with E-state index in [0.29, 0.717) is 47.7 Å². The lowest BCUT2D eigenvalue weighted by Crippen LogP contribution is -2.42. The number of carbonyl (C=O) groups excluding carboxylic acids is 1. The van der Waals surface area contributed by atoms with E-state index in [1.165, 1.54) is 33.5 Å². The molecule has 0 bridgehead atoms. The molecular formula is C56H52Br2Cl2N10O. The number of halogens is 4. The molecule has 11 nitrogen and oxygen atoms in total. The molecule has 0 radical (unpaired) electrons. The standard InChI is InChI=1S/C32H28BrClN6O.C24H24BrClN4/c1-20-36-10-13-40(20)19-24-14-23-15-26(34)4-7-28(23)30(31-29(24)16-25(33)18-37-31)22-8-11-39(12-9-22)32(41)38-27-5-2-21(17-35)3-6-27;1-15-28-8-9-30(15)14-18-10-17-11-20(26)2-3-21(17)23(16-4-6-27-7-5-16)24-22(18)12-19(25)13-29-24/h2-7,10,13-16,18,22,30H,8-9,11-12,19H2,1H3,(H,38,41);2-3,8-13,16,23,27H,4-7,14H2,1H3. The molecule has 11 rings (SSSR count). The van der Waals surface area contributed by atoms with Gasteiger partial charge in [0.05, 0.1) is 23.0 Å². The van der Waals surface area contributed by atoms with E-state index in [-0.39, 0.29) is 17.9 Å². The molecule has 2 atom stereocenters. The minimum Gasteiger partial charge on any atom is -0.331 e. The van der Waals surface area contributed by atoms with E-state index in [2.05, 4.69) is 110 Å². The molecule has 3 aromatic carbocycles. The number of carbonyl (C=O) groups is 1. The molecule has 4 aromatic heterocycles. The fourth-order valence-corrected chi connectivity index (χ4v) is 11.8. The van der Waals surface area contributed by atoms with Crippen LogP contribution in [0.1, 0.15) is 99.5 Å². The predicted molar refractivity (Wildman–Crippen MR) is 290 cm³/mol. The van der Waals surface area contributed by atoms with Crippen molar-refractivity contribution in [3.05, 3.63) is 191 Å². The van der Waals surface area contributed by atoms with Crippen molar-refractivity contribution in [2.75, 3.05) is 31.5 Å². The molecule has 0 saturated carbocycles. The maximum absolute atomic E-state index is 13.1. The first-order valence-corrected chi connectivity index (χ1v) is 26.4. The van der Waals surface area contributed by atoms with E-state index in [0.717, 1.165) is 93.3 Å². The summed E-state index contributed by atoms with van der Waals surface area (Å²) in [5.41, 5.74) is 13.0. The Hall–Kier alpha value is -5.88. The van der Waals surface area contributed by atoms with Crippen LogP contribution in [0.4, 0.5) is 10.5 Å². The molecule has 15 heteroatoms. The van der Waals surface area contributed by atoms with Crippen molar-refractivity contribution in [2.45, 2.75) is 64.5 Å². The van der Waals surface area contributed by atoms with Gasteiger partial charge in [0.25, 0.3) is 0 Å². The van der Waals surface area contributed by atoms with Crippen molar-refractivity contribution < 1.29 is 4.79 Å². The number of imidazole rings is 2. The van der Waals surface area contributed by atoms with E-state index in [1.807, 2.05) is 74.1 Å². The lowest BCUT2D eigenvalue weighted by molar-refractivity contribution is 0.177. The number of benzene rings is 3. The number of rotatable bonds is 7. The van der Waals surface area contributed by atoms with Crippen molar-refractivity contribution in [1.82, 2.24) is 39.3 Å². The maximum atomic E-state index is 13.1. The molecule has 2 saturated heterocycles. The van der Waals surface area contributed by atoms with Crippen molar-refractivity contribution in [2.24, 2.45) is 11.8 Å². The van der Waals surface area contributed by atoms with Crippen LogP contribution < -0.4 is 10.6 Å². The molecule has 71 heavy (non-hydrogen) atoms. The van der Waals surface area contributed by atoms with Crippen LogP contribution in [0.15, 0.2) is 119 Å². The zero-order valence-corrected chi connectivity index (χ0v) is 44.1. The average molecular weight is 1110 g/mol. The van der Waals surface area contributed by atoms with Crippen LogP contribution in [0.2, 0.25) is 10.0 Å². The van der Waals surface area contributed by atoms with Gasteiger partial charge in [0, 0.05) is 111 Å². The highest BCUT2D eigenvalue weighted by Gasteiger charge is 2.37. The van der Waals surface area contributed by atoms with E-state index >= 15 is 0 Å². The number of allylic oxidation sites excluding steroid dienone is 2. The average Bonchev–Trinajstić information content (AvgIpc) is 3.92. The van der Waals surface area contributed by atoms with Gasteiger partial charge >= 0.3 is 6.03 Å². The summed E-state index contributed by atoms with van der Waals surface area (Å²) >= 11 is 20.3. The summed E-state index contributed by atoms with van der Waals surface area (Å²) in [6.07, 6.45) is 20.1. The van der Waals surface area contributed by atoms with Crippen LogP contribution in [-0.2, 0) is 13.1 Å². The first kappa shape index (κ1) is 48.7. The highest BCUT2D eigenvalue weighted by molar-refractivity contribution is 9.10. The number of nitrogens with zero attached hydrogens (tertiary/aromatic N) is 8. The number of piperidine rings is 2. The number of nitrogens with one attached hydrogen (secondary N) is 2. The molecule has 2 aliphatic carbocycles. The molecule has 7 aromatic rings. The zero-order valence-electron chi connectivity index (χ0n) is 39.4. The normalized spacial score (nSPS) is 17.7. The number of likely N-dealkylation sites (tertiary alicyclic amines) is 1. The van der Waals surface area contributed by atoms with Crippen LogP contribution in [0.25, 0.3) is 23.3 Å². The predicted octanol–water partition coefficient (Wildman–Crippen LogP) is 13.2. The Balaban J connectivity index is 0.000000172. The van der Waals surface area contributed by atoms with Gasteiger partial charge in [0.1, 0.15) is 11.6 Å². The smallest absolute Gasteiger partial charge is 0.321 e. The SMILES string of the molecule is Cc1nccn1CC1=Cc2cc(Cl)ccc2C(C2CCN(C(=O)Nc3ccc(C#N)cc3)CC2)c2ncc(Br)cc21.Cc1nccn1CC1=Cc2cc(Cl)ccc2C(C2CCNCC2)c2ncc(Br)cc21. The van der Waals surface area contributed by atoms with Gasteiger partial charge in [-0.2, -0.15) is 5.26 Å². The minimum atomic E-state index is -0.122. The molecule has 2 amide bonds. The Kier molecular flexibility index (Phi) is 14.7. The van der Waals surface area contributed by atoms with Crippen molar-refractivity contribution in [1.29, 1.82) is 5.26 Å². The fourth-order valence-electron chi connectivity index (χ4n) is 10.8. The summed E-state index contributed by atoms with van der Waals surface area (Å²) in [5.74, 6) is 3.14. The summed E-state index contributed by atoms with van der Waals surface area (Å²) in [4.78, 5) is 33.8. The van der Waals surface area contributed by atoms with Crippen molar-refractivity contribution >= 4 is 90.1 Å². The lowest BCUT2D eigenvalue weighted by atomic mass is 9.76. The van der Waals surface area contributed by atoms with E-state index in [1.54, 1.807) is 24.3 Å². The topological polar surface area (TPSA) is 130 Å². The third-order valence-corrected chi connectivity index (χ3v) is 15.8. The Bertz CT molecular complexity index is 3220. The van der Waals surface area contributed by atoms with Gasteiger partial charge in [-0.05, 0) is 203 Å². The number of anilines is 1. The van der Waals surface area contributed by atoms with Gasteiger partial charge < -0.3 is 24.7 Å². The van der Waals surface area contributed by atoms with Crippen LogP contribution in [0, 0.1) is 37.0 Å². The second-order valence-electron chi connectivity index (χ2n) is 18.7. The van der Waals surface area contributed by atoms with Gasteiger partial charge in [-0.1, -0.05) is 35.3 Å². The van der Waals surface area contributed by atoms with Gasteiger partial charge in [0.15, 0.2) is 0 Å². The van der Waals surface area contributed by atoms with E-state index in [4.69, 9.17) is 38.4 Å². The zero-order chi connectivity index (χ0) is 49.2.